The number of aliphatic hydroxyl groups is 1. The molecule has 2 atom stereocenters. The van der Waals surface area contributed by atoms with Gasteiger partial charge in [-0.3, -0.25) is 9.69 Å². The maximum Gasteiger partial charge on any atom is 0.237 e. The first-order valence-corrected chi connectivity index (χ1v) is 7.48. The average Bonchev–Trinajstić information content (AvgIpc) is 2.53. The molecule has 1 aliphatic rings. The van der Waals surface area contributed by atoms with Crippen molar-refractivity contribution in [2.45, 2.75) is 32.4 Å². The minimum Gasteiger partial charge on any atom is -0.396 e. The monoisotopic (exact) mass is 294 g/mol. The minimum absolute atomic E-state index is 0.100. The van der Waals surface area contributed by atoms with Crippen LogP contribution in [0, 0.1) is 11.7 Å². The zero-order valence-electron chi connectivity index (χ0n) is 12.4. The first-order valence-electron chi connectivity index (χ1n) is 7.48. The van der Waals surface area contributed by atoms with E-state index in [9.17, 15) is 14.3 Å². The maximum atomic E-state index is 13.5. The van der Waals surface area contributed by atoms with Crippen LogP contribution in [0.3, 0.4) is 0 Å². The Labute approximate surface area is 125 Å². The fourth-order valence-corrected chi connectivity index (χ4v) is 2.74. The summed E-state index contributed by atoms with van der Waals surface area (Å²) in [6.45, 7) is 3.83. The van der Waals surface area contributed by atoms with Crippen molar-refractivity contribution in [3.05, 3.63) is 35.6 Å². The van der Waals surface area contributed by atoms with Crippen molar-refractivity contribution < 1.29 is 14.3 Å². The van der Waals surface area contributed by atoms with Crippen LogP contribution in [-0.4, -0.2) is 41.7 Å². The normalized spacial score (nSPS) is 21.0. The number of hydrogen-bond donors (Lipinski definition) is 2. The van der Waals surface area contributed by atoms with Crippen molar-refractivity contribution in [1.82, 2.24) is 10.2 Å². The van der Waals surface area contributed by atoms with Crippen LogP contribution in [-0.2, 0) is 11.3 Å². The summed E-state index contributed by atoms with van der Waals surface area (Å²) in [5, 5.41) is 12.0. The van der Waals surface area contributed by atoms with E-state index >= 15 is 0 Å². The second-order valence-corrected chi connectivity index (χ2v) is 5.67. The molecule has 1 amide bonds. The Bertz CT molecular complexity index is 481. The Morgan fingerprint density at radius 3 is 3.00 bits per heavy atom. The number of halogens is 1. The average molecular weight is 294 g/mol. The first-order chi connectivity index (χ1) is 10.1. The zero-order chi connectivity index (χ0) is 15.2. The number of nitrogens with zero attached hydrogens (tertiary/aromatic N) is 1. The van der Waals surface area contributed by atoms with Gasteiger partial charge >= 0.3 is 0 Å². The summed E-state index contributed by atoms with van der Waals surface area (Å²) in [7, 11) is 0. The summed E-state index contributed by atoms with van der Waals surface area (Å²) in [5.41, 5.74) is 0.491. The summed E-state index contributed by atoms with van der Waals surface area (Å²) in [5.74, 6) is -0.152. The number of nitrogens with one attached hydrogen (secondary N) is 1. The molecular weight excluding hydrogens is 271 g/mol. The van der Waals surface area contributed by atoms with Crippen LogP contribution in [0.5, 0.6) is 0 Å². The molecule has 4 nitrogen and oxygen atoms in total. The van der Waals surface area contributed by atoms with Gasteiger partial charge in [-0.2, -0.15) is 0 Å². The van der Waals surface area contributed by atoms with Gasteiger partial charge in [-0.25, -0.2) is 4.39 Å². The molecule has 2 unspecified atom stereocenters. The van der Waals surface area contributed by atoms with Gasteiger partial charge in [0, 0.05) is 25.3 Å². The van der Waals surface area contributed by atoms with E-state index in [1.165, 1.54) is 6.07 Å². The van der Waals surface area contributed by atoms with E-state index < -0.39 is 0 Å². The molecule has 2 N–H and O–H groups in total. The van der Waals surface area contributed by atoms with Crippen molar-refractivity contribution in [1.29, 1.82) is 0 Å². The van der Waals surface area contributed by atoms with Crippen molar-refractivity contribution in [3.63, 3.8) is 0 Å². The Morgan fingerprint density at radius 1 is 1.52 bits per heavy atom. The maximum absolute atomic E-state index is 13.5. The largest absolute Gasteiger partial charge is 0.396 e. The van der Waals surface area contributed by atoms with Crippen LogP contribution >= 0.6 is 0 Å². The molecule has 1 aromatic rings. The number of piperidine rings is 1. The molecule has 0 radical (unpaired) electrons. The number of likely N-dealkylation sites (tertiary alicyclic amines) is 1. The van der Waals surface area contributed by atoms with Crippen LogP contribution in [0.2, 0.25) is 0 Å². The molecule has 1 fully saturated rings. The van der Waals surface area contributed by atoms with Gasteiger partial charge < -0.3 is 10.4 Å². The van der Waals surface area contributed by atoms with Crippen LogP contribution in [0.1, 0.15) is 25.3 Å². The third kappa shape index (κ3) is 4.25. The van der Waals surface area contributed by atoms with Crippen LogP contribution in [0.4, 0.5) is 4.39 Å². The second kappa shape index (κ2) is 7.52. The molecule has 1 heterocycles. The van der Waals surface area contributed by atoms with Gasteiger partial charge in [0.05, 0.1) is 6.04 Å². The van der Waals surface area contributed by atoms with Gasteiger partial charge in [0.15, 0.2) is 0 Å². The van der Waals surface area contributed by atoms with Crippen molar-refractivity contribution in [2.24, 2.45) is 5.92 Å². The lowest BCUT2D eigenvalue weighted by Crippen LogP contribution is -2.49. The fraction of sp³-hybridized carbons (Fsp3) is 0.562. The van der Waals surface area contributed by atoms with E-state index in [0.29, 0.717) is 5.56 Å². The van der Waals surface area contributed by atoms with E-state index in [1.807, 2.05) is 6.92 Å². The van der Waals surface area contributed by atoms with Gasteiger partial charge in [0.2, 0.25) is 5.91 Å². The van der Waals surface area contributed by atoms with Gasteiger partial charge in [0.25, 0.3) is 0 Å². The van der Waals surface area contributed by atoms with E-state index in [-0.39, 0.29) is 36.8 Å². The number of carbonyl (C=O) groups excluding carboxylic acids is 1. The lowest BCUT2D eigenvalue weighted by molar-refractivity contribution is -0.126. The van der Waals surface area contributed by atoms with Crippen molar-refractivity contribution in [3.8, 4) is 0 Å². The highest BCUT2D eigenvalue weighted by atomic mass is 19.1. The summed E-state index contributed by atoms with van der Waals surface area (Å²) < 4.78 is 13.5. The van der Waals surface area contributed by atoms with Gasteiger partial charge in [-0.15, -0.1) is 0 Å². The van der Waals surface area contributed by atoms with Gasteiger partial charge in [-0.05, 0) is 38.3 Å². The minimum atomic E-state index is -0.302. The fourth-order valence-electron chi connectivity index (χ4n) is 2.74. The standard InChI is InChI=1S/C16H23FN2O2/c1-12(19-8-4-5-13(10-19)11-20)16(21)18-9-14-6-2-3-7-15(14)17/h2-3,6-7,12-13,20H,4-5,8-11H2,1H3,(H,18,21). The first kappa shape index (κ1) is 15.9. The third-order valence-corrected chi connectivity index (χ3v) is 4.15. The number of amides is 1. The molecule has 21 heavy (non-hydrogen) atoms. The topological polar surface area (TPSA) is 52.6 Å². The highest BCUT2D eigenvalue weighted by molar-refractivity contribution is 5.81. The Kier molecular flexibility index (Phi) is 5.70. The SMILES string of the molecule is CC(C(=O)NCc1ccccc1F)N1CCCC(CO)C1. The number of hydrogen-bond acceptors (Lipinski definition) is 3. The number of carbonyl (C=O) groups is 1. The molecule has 2 rings (SSSR count). The van der Waals surface area contributed by atoms with E-state index in [0.717, 1.165) is 25.9 Å². The molecule has 0 bridgehead atoms. The third-order valence-electron chi connectivity index (χ3n) is 4.15. The highest BCUT2D eigenvalue weighted by Gasteiger charge is 2.26. The van der Waals surface area contributed by atoms with Crippen LogP contribution < -0.4 is 5.32 Å². The van der Waals surface area contributed by atoms with E-state index in [2.05, 4.69) is 10.2 Å². The predicted octanol–water partition coefficient (Wildman–Crippen LogP) is 1.53. The molecule has 0 aromatic heterocycles. The number of aliphatic hydroxyl groups excluding tert-OH is 1. The Hall–Kier alpha value is -1.46. The Balaban J connectivity index is 1.86. The van der Waals surface area contributed by atoms with Crippen LogP contribution in [0.15, 0.2) is 24.3 Å². The summed E-state index contributed by atoms with van der Waals surface area (Å²) >= 11 is 0. The van der Waals surface area contributed by atoms with Crippen molar-refractivity contribution in [2.75, 3.05) is 19.7 Å². The molecular formula is C16H23FN2O2. The van der Waals surface area contributed by atoms with E-state index in [4.69, 9.17) is 0 Å². The van der Waals surface area contributed by atoms with Crippen molar-refractivity contribution >= 4 is 5.91 Å². The number of rotatable bonds is 5. The summed E-state index contributed by atoms with van der Waals surface area (Å²) in [4.78, 5) is 14.3. The molecule has 0 aliphatic carbocycles. The summed E-state index contributed by atoms with van der Waals surface area (Å²) in [6, 6.07) is 6.19. The smallest absolute Gasteiger partial charge is 0.237 e. The second-order valence-electron chi connectivity index (χ2n) is 5.67. The van der Waals surface area contributed by atoms with Gasteiger partial charge in [-0.1, -0.05) is 18.2 Å². The lowest BCUT2D eigenvalue weighted by Gasteiger charge is -2.35. The quantitative estimate of drug-likeness (QED) is 0.866. The Morgan fingerprint density at radius 2 is 2.29 bits per heavy atom. The highest BCUT2D eigenvalue weighted by Crippen LogP contribution is 2.18. The molecule has 5 heteroatoms. The molecule has 0 saturated carbocycles. The lowest BCUT2D eigenvalue weighted by atomic mass is 9.97. The van der Waals surface area contributed by atoms with E-state index in [1.54, 1.807) is 18.2 Å². The molecule has 1 saturated heterocycles. The molecule has 1 aromatic carbocycles. The predicted molar refractivity (Wildman–Crippen MR) is 79.1 cm³/mol. The number of benzene rings is 1. The van der Waals surface area contributed by atoms with Crippen LogP contribution in [0.25, 0.3) is 0 Å². The molecule has 116 valence electrons. The molecule has 0 spiro atoms. The summed E-state index contributed by atoms with van der Waals surface area (Å²) in [6.07, 6.45) is 2.01. The van der Waals surface area contributed by atoms with Gasteiger partial charge in [0.1, 0.15) is 5.82 Å². The zero-order valence-corrected chi connectivity index (χ0v) is 12.4. The molecule has 1 aliphatic heterocycles.